The molecule has 0 aromatic carbocycles. The van der Waals surface area contributed by atoms with Crippen LogP contribution in [0.15, 0.2) is 0 Å². The molecular formula is C12H25NO2. The van der Waals surface area contributed by atoms with E-state index in [0.29, 0.717) is 5.92 Å². The minimum absolute atomic E-state index is 0.198. The molecule has 0 fully saturated rings. The van der Waals surface area contributed by atoms with E-state index in [2.05, 4.69) is 19.2 Å². The predicted molar refractivity (Wildman–Crippen MR) is 62.8 cm³/mol. The van der Waals surface area contributed by atoms with Crippen molar-refractivity contribution >= 4 is 5.97 Å². The summed E-state index contributed by atoms with van der Waals surface area (Å²) in [5, 5.41) is 3.21. The SMILES string of the molecule is CC(C)CNC(C)(C)C(=O)OC(C)(C)C. The van der Waals surface area contributed by atoms with E-state index in [0.717, 1.165) is 6.54 Å². The molecule has 0 aliphatic rings. The highest BCUT2D eigenvalue weighted by Crippen LogP contribution is 2.14. The Balaban J connectivity index is 4.26. The first kappa shape index (κ1) is 14.4. The van der Waals surface area contributed by atoms with E-state index in [1.165, 1.54) is 0 Å². The van der Waals surface area contributed by atoms with Crippen molar-refractivity contribution in [1.29, 1.82) is 0 Å². The minimum Gasteiger partial charge on any atom is -0.459 e. The van der Waals surface area contributed by atoms with Gasteiger partial charge in [0.2, 0.25) is 0 Å². The Bertz CT molecular complexity index is 214. The van der Waals surface area contributed by atoms with E-state index in [1.54, 1.807) is 0 Å². The Labute approximate surface area is 93.6 Å². The summed E-state index contributed by atoms with van der Waals surface area (Å²) >= 11 is 0. The Kier molecular flexibility index (Phi) is 4.78. The largest absolute Gasteiger partial charge is 0.459 e. The average molecular weight is 215 g/mol. The van der Waals surface area contributed by atoms with E-state index >= 15 is 0 Å². The van der Waals surface area contributed by atoms with Crippen LogP contribution in [0, 0.1) is 5.92 Å². The van der Waals surface area contributed by atoms with Gasteiger partial charge in [-0.2, -0.15) is 0 Å². The lowest BCUT2D eigenvalue weighted by atomic mass is 10.0. The molecule has 0 aromatic heterocycles. The smallest absolute Gasteiger partial charge is 0.326 e. The maximum atomic E-state index is 11.8. The molecule has 15 heavy (non-hydrogen) atoms. The molecule has 0 rings (SSSR count). The zero-order chi connectivity index (χ0) is 12.3. The Morgan fingerprint density at radius 2 is 1.67 bits per heavy atom. The molecule has 0 aliphatic heterocycles. The second-order valence-corrected chi connectivity index (χ2v) is 5.90. The third-order valence-corrected chi connectivity index (χ3v) is 1.86. The van der Waals surface area contributed by atoms with E-state index in [9.17, 15) is 4.79 Å². The molecule has 0 atom stereocenters. The first-order valence-electron chi connectivity index (χ1n) is 5.53. The van der Waals surface area contributed by atoms with Gasteiger partial charge in [-0.15, -0.1) is 0 Å². The van der Waals surface area contributed by atoms with Crippen molar-refractivity contribution < 1.29 is 9.53 Å². The highest BCUT2D eigenvalue weighted by atomic mass is 16.6. The number of hydrogen-bond acceptors (Lipinski definition) is 3. The highest BCUT2D eigenvalue weighted by Gasteiger charge is 2.31. The summed E-state index contributed by atoms with van der Waals surface area (Å²) in [7, 11) is 0. The first-order chi connectivity index (χ1) is 6.54. The number of nitrogens with one attached hydrogen (secondary N) is 1. The van der Waals surface area contributed by atoms with Gasteiger partial charge >= 0.3 is 5.97 Å². The monoisotopic (exact) mass is 215 g/mol. The van der Waals surface area contributed by atoms with Gasteiger partial charge in [-0.05, 0) is 47.1 Å². The molecule has 3 heteroatoms. The molecule has 0 saturated carbocycles. The fourth-order valence-electron chi connectivity index (χ4n) is 0.937. The summed E-state index contributed by atoms with van der Waals surface area (Å²) in [6.07, 6.45) is 0. The second-order valence-electron chi connectivity index (χ2n) is 5.90. The van der Waals surface area contributed by atoms with Crippen LogP contribution in [0.2, 0.25) is 0 Å². The van der Waals surface area contributed by atoms with Gasteiger partial charge in [0.1, 0.15) is 11.1 Å². The van der Waals surface area contributed by atoms with E-state index in [1.807, 2.05) is 34.6 Å². The van der Waals surface area contributed by atoms with Crippen molar-refractivity contribution in [3.8, 4) is 0 Å². The molecule has 3 nitrogen and oxygen atoms in total. The van der Waals surface area contributed by atoms with Crippen LogP contribution in [0.3, 0.4) is 0 Å². The van der Waals surface area contributed by atoms with Crippen LogP contribution in [0.4, 0.5) is 0 Å². The molecule has 0 radical (unpaired) electrons. The third kappa shape index (κ3) is 6.50. The maximum Gasteiger partial charge on any atom is 0.326 e. The number of carbonyl (C=O) groups is 1. The molecule has 0 unspecified atom stereocenters. The fourth-order valence-corrected chi connectivity index (χ4v) is 0.937. The van der Waals surface area contributed by atoms with Gasteiger partial charge in [0.05, 0.1) is 0 Å². The molecule has 90 valence electrons. The topological polar surface area (TPSA) is 38.3 Å². The van der Waals surface area contributed by atoms with Crippen molar-refractivity contribution in [3.05, 3.63) is 0 Å². The van der Waals surface area contributed by atoms with E-state index in [4.69, 9.17) is 4.74 Å². The predicted octanol–water partition coefficient (Wildman–Crippen LogP) is 2.35. The number of esters is 1. The standard InChI is InChI=1S/C12H25NO2/c1-9(2)8-13-12(6,7)10(14)15-11(3,4)5/h9,13H,8H2,1-7H3. The van der Waals surface area contributed by atoms with Gasteiger partial charge < -0.3 is 10.1 Å². The van der Waals surface area contributed by atoms with Crippen molar-refractivity contribution in [2.45, 2.75) is 59.6 Å². The molecule has 0 amide bonds. The second kappa shape index (κ2) is 4.97. The van der Waals surface area contributed by atoms with Gasteiger partial charge in [0.15, 0.2) is 0 Å². The van der Waals surface area contributed by atoms with Crippen molar-refractivity contribution in [1.82, 2.24) is 5.32 Å². The lowest BCUT2D eigenvalue weighted by Gasteiger charge is -2.29. The third-order valence-electron chi connectivity index (χ3n) is 1.86. The summed E-state index contributed by atoms with van der Waals surface area (Å²) in [5.41, 5.74) is -1.04. The van der Waals surface area contributed by atoms with Gasteiger partial charge in [-0.25, -0.2) is 0 Å². The van der Waals surface area contributed by atoms with E-state index < -0.39 is 11.1 Å². The summed E-state index contributed by atoms with van der Waals surface area (Å²) in [5.74, 6) is 0.322. The van der Waals surface area contributed by atoms with Crippen LogP contribution in [0.1, 0.15) is 48.5 Å². The zero-order valence-electron chi connectivity index (χ0n) is 11.1. The van der Waals surface area contributed by atoms with Crippen LogP contribution >= 0.6 is 0 Å². The molecule has 1 N–H and O–H groups in total. The quantitative estimate of drug-likeness (QED) is 0.732. The minimum atomic E-state index is -0.614. The van der Waals surface area contributed by atoms with Crippen molar-refractivity contribution in [2.24, 2.45) is 5.92 Å². The van der Waals surface area contributed by atoms with Crippen LogP contribution in [0.25, 0.3) is 0 Å². The molecule has 0 aliphatic carbocycles. The number of carbonyl (C=O) groups excluding carboxylic acids is 1. The lowest BCUT2D eigenvalue weighted by molar-refractivity contribution is -0.161. The molecule has 0 aromatic rings. The van der Waals surface area contributed by atoms with Gasteiger partial charge in [-0.1, -0.05) is 13.8 Å². The molecule has 0 spiro atoms. The average Bonchev–Trinajstić information content (AvgIpc) is 1.97. The van der Waals surface area contributed by atoms with Crippen LogP contribution < -0.4 is 5.32 Å². The summed E-state index contributed by atoms with van der Waals surface area (Å²) in [6, 6.07) is 0. The summed E-state index contributed by atoms with van der Waals surface area (Å²) in [4.78, 5) is 11.8. The van der Waals surface area contributed by atoms with Gasteiger partial charge in [0, 0.05) is 0 Å². The summed E-state index contributed by atoms with van der Waals surface area (Å²) in [6.45, 7) is 14.4. The molecule has 0 heterocycles. The van der Waals surface area contributed by atoms with E-state index in [-0.39, 0.29) is 5.97 Å². The van der Waals surface area contributed by atoms with Crippen LogP contribution in [0.5, 0.6) is 0 Å². The lowest BCUT2D eigenvalue weighted by Crippen LogP contribution is -2.50. The van der Waals surface area contributed by atoms with Gasteiger partial charge in [-0.3, -0.25) is 4.79 Å². The number of ether oxygens (including phenoxy) is 1. The fraction of sp³-hybridized carbons (Fsp3) is 0.917. The number of rotatable bonds is 4. The summed E-state index contributed by atoms with van der Waals surface area (Å²) < 4.78 is 5.33. The Morgan fingerprint density at radius 1 is 1.20 bits per heavy atom. The molecular weight excluding hydrogens is 190 g/mol. The maximum absolute atomic E-state index is 11.8. The zero-order valence-corrected chi connectivity index (χ0v) is 11.1. The molecule has 0 saturated heterocycles. The normalized spacial score (nSPS) is 13.1. The van der Waals surface area contributed by atoms with Crippen molar-refractivity contribution in [3.63, 3.8) is 0 Å². The Hall–Kier alpha value is -0.570. The van der Waals surface area contributed by atoms with Crippen molar-refractivity contribution in [2.75, 3.05) is 6.54 Å². The number of hydrogen-bond donors (Lipinski definition) is 1. The first-order valence-corrected chi connectivity index (χ1v) is 5.53. The van der Waals surface area contributed by atoms with Crippen LogP contribution in [-0.2, 0) is 9.53 Å². The Morgan fingerprint density at radius 3 is 2.00 bits per heavy atom. The van der Waals surface area contributed by atoms with Gasteiger partial charge in [0.25, 0.3) is 0 Å². The highest BCUT2D eigenvalue weighted by molar-refractivity contribution is 5.80. The molecule has 0 bridgehead atoms. The van der Waals surface area contributed by atoms with Crippen LogP contribution in [-0.4, -0.2) is 23.7 Å².